The molecule has 0 fully saturated rings. The first-order chi connectivity index (χ1) is 6.88. The molecule has 0 aliphatic heterocycles. The number of carbonyl (C=O) groups is 1. The normalized spacial score (nSPS) is 12.1. The van der Waals surface area contributed by atoms with E-state index in [1.807, 2.05) is 0 Å². The van der Waals surface area contributed by atoms with E-state index >= 15 is 0 Å². The highest BCUT2D eigenvalue weighted by Gasteiger charge is 2.20. The number of aliphatic hydroxyl groups excluding tert-OH is 1. The maximum absolute atomic E-state index is 10.5. The molecule has 2 N–H and O–H groups in total. The maximum atomic E-state index is 10.5. The molecule has 4 heteroatoms. The van der Waals surface area contributed by atoms with Crippen molar-refractivity contribution in [1.82, 2.24) is 4.90 Å². The summed E-state index contributed by atoms with van der Waals surface area (Å²) in [4.78, 5) is 12.6. The van der Waals surface area contributed by atoms with Crippen LogP contribution >= 0.6 is 0 Å². The predicted molar refractivity (Wildman–Crippen MR) is 59.9 cm³/mol. The number of rotatable bonds is 7. The Morgan fingerprint density at radius 1 is 1.20 bits per heavy atom. The number of carboxylic acids is 1. The van der Waals surface area contributed by atoms with E-state index in [1.54, 1.807) is 0 Å². The summed E-state index contributed by atoms with van der Waals surface area (Å²) >= 11 is 0. The summed E-state index contributed by atoms with van der Waals surface area (Å²) in [6.07, 6.45) is 1.86. The number of aliphatic hydroxyl groups is 1. The standard InChI is InChI=1S/C11H23NO3/c1-11(2,3)12(7-4-5-9-13)8-6-10(14)15/h13H,4-9H2,1-3H3,(H,14,15). The van der Waals surface area contributed by atoms with Crippen molar-refractivity contribution in [3.63, 3.8) is 0 Å². The van der Waals surface area contributed by atoms with Crippen molar-refractivity contribution in [2.45, 2.75) is 45.6 Å². The largest absolute Gasteiger partial charge is 0.481 e. The molecule has 0 rings (SSSR count). The van der Waals surface area contributed by atoms with E-state index in [2.05, 4.69) is 25.7 Å². The minimum atomic E-state index is -0.758. The Bertz CT molecular complexity index is 187. The molecule has 4 nitrogen and oxygen atoms in total. The lowest BCUT2D eigenvalue weighted by Crippen LogP contribution is -2.43. The lowest BCUT2D eigenvalue weighted by atomic mass is 10.0. The van der Waals surface area contributed by atoms with Crippen molar-refractivity contribution in [1.29, 1.82) is 0 Å². The molecule has 0 spiro atoms. The van der Waals surface area contributed by atoms with Crippen molar-refractivity contribution in [2.24, 2.45) is 0 Å². The van der Waals surface area contributed by atoms with Crippen molar-refractivity contribution in [3.05, 3.63) is 0 Å². The molecule has 0 aromatic carbocycles. The number of nitrogens with zero attached hydrogens (tertiary/aromatic N) is 1. The molecular formula is C11H23NO3. The minimum Gasteiger partial charge on any atom is -0.481 e. The van der Waals surface area contributed by atoms with Gasteiger partial charge in [-0.1, -0.05) is 0 Å². The van der Waals surface area contributed by atoms with E-state index in [9.17, 15) is 4.79 Å². The van der Waals surface area contributed by atoms with Gasteiger partial charge in [-0.15, -0.1) is 0 Å². The summed E-state index contributed by atoms with van der Waals surface area (Å²) in [7, 11) is 0. The van der Waals surface area contributed by atoms with E-state index in [1.165, 1.54) is 0 Å². The molecule has 0 aromatic heterocycles. The Hall–Kier alpha value is -0.610. The summed E-state index contributed by atoms with van der Waals surface area (Å²) in [5.41, 5.74) is -0.00902. The average Bonchev–Trinajstić information content (AvgIpc) is 2.08. The third-order valence-electron chi connectivity index (χ3n) is 2.38. The van der Waals surface area contributed by atoms with Crippen LogP contribution in [0.25, 0.3) is 0 Å². The van der Waals surface area contributed by atoms with Gasteiger partial charge in [-0.2, -0.15) is 0 Å². The molecule has 0 atom stereocenters. The Morgan fingerprint density at radius 2 is 1.80 bits per heavy atom. The first-order valence-corrected chi connectivity index (χ1v) is 5.45. The summed E-state index contributed by atoms with van der Waals surface area (Å²) in [5.74, 6) is -0.758. The Morgan fingerprint density at radius 3 is 2.20 bits per heavy atom. The highest BCUT2D eigenvalue weighted by Crippen LogP contribution is 2.14. The van der Waals surface area contributed by atoms with Crippen LogP contribution < -0.4 is 0 Å². The fraction of sp³-hybridized carbons (Fsp3) is 0.909. The third kappa shape index (κ3) is 7.33. The van der Waals surface area contributed by atoms with Gasteiger partial charge in [0.05, 0.1) is 6.42 Å². The highest BCUT2D eigenvalue weighted by molar-refractivity contribution is 5.66. The maximum Gasteiger partial charge on any atom is 0.304 e. The van der Waals surface area contributed by atoms with Gasteiger partial charge in [0.2, 0.25) is 0 Å². The Labute approximate surface area is 91.9 Å². The van der Waals surface area contributed by atoms with Crippen LogP contribution in [0.3, 0.4) is 0 Å². The fourth-order valence-corrected chi connectivity index (χ4v) is 1.43. The van der Waals surface area contributed by atoms with Gasteiger partial charge in [0.25, 0.3) is 0 Å². The molecule has 0 aliphatic rings. The second-order valence-corrected chi connectivity index (χ2v) is 4.73. The molecule has 0 saturated heterocycles. The van der Waals surface area contributed by atoms with Crippen molar-refractivity contribution in [3.8, 4) is 0 Å². The quantitative estimate of drug-likeness (QED) is 0.632. The van der Waals surface area contributed by atoms with Crippen LogP contribution in [0, 0.1) is 0 Å². The Balaban J connectivity index is 4.02. The number of hydrogen-bond donors (Lipinski definition) is 2. The molecule has 0 radical (unpaired) electrons. The SMILES string of the molecule is CC(C)(C)N(CCCCO)CCC(=O)O. The first kappa shape index (κ1) is 14.4. The van der Waals surface area contributed by atoms with E-state index in [0.29, 0.717) is 6.54 Å². The smallest absolute Gasteiger partial charge is 0.304 e. The molecule has 0 amide bonds. The van der Waals surface area contributed by atoms with E-state index in [-0.39, 0.29) is 18.6 Å². The lowest BCUT2D eigenvalue weighted by molar-refractivity contribution is -0.137. The van der Waals surface area contributed by atoms with Gasteiger partial charge in [-0.3, -0.25) is 9.69 Å². The summed E-state index contributed by atoms with van der Waals surface area (Å²) in [5, 5.41) is 17.3. The molecular weight excluding hydrogens is 194 g/mol. The van der Waals surface area contributed by atoms with Gasteiger partial charge in [0.15, 0.2) is 0 Å². The van der Waals surface area contributed by atoms with E-state index < -0.39 is 5.97 Å². The lowest BCUT2D eigenvalue weighted by Gasteiger charge is -2.35. The molecule has 90 valence electrons. The second-order valence-electron chi connectivity index (χ2n) is 4.73. The molecule has 0 saturated carbocycles. The summed E-state index contributed by atoms with van der Waals surface area (Å²) in [6.45, 7) is 7.86. The monoisotopic (exact) mass is 217 g/mol. The van der Waals surface area contributed by atoms with Gasteiger partial charge >= 0.3 is 5.97 Å². The fourth-order valence-electron chi connectivity index (χ4n) is 1.43. The van der Waals surface area contributed by atoms with Crippen molar-refractivity contribution in [2.75, 3.05) is 19.7 Å². The van der Waals surface area contributed by atoms with Crippen LogP contribution in [-0.2, 0) is 4.79 Å². The van der Waals surface area contributed by atoms with Crippen LogP contribution in [0.15, 0.2) is 0 Å². The average molecular weight is 217 g/mol. The number of carboxylic acid groups (broad SMARTS) is 1. The Kier molecular flexibility index (Phi) is 6.52. The molecule has 0 heterocycles. The van der Waals surface area contributed by atoms with Gasteiger partial charge in [0, 0.05) is 18.7 Å². The van der Waals surface area contributed by atoms with Gasteiger partial charge in [-0.05, 0) is 40.2 Å². The summed E-state index contributed by atoms with van der Waals surface area (Å²) < 4.78 is 0. The number of aliphatic carboxylic acids is 1. The van der Waals surface area contributed by atoms with Crippen LogP contribution in [-0.4, -0.2) is 46.3 Å². The second kappa shape index (κ2) is 6.80. The zero-order valence-corrected chi connectivity index (χ0v) is 9.99. The van der Waals surface area contributed by atoms with Gasteiger partial charge in [-0.25, -0.2) is 0 Å². The van der Waals surface area contributed by atoms with Crippen LogP contribution in [0.4, 0.5) is 0 Å². The molecule has 0 aromatic rings. The first-order valence-electron chi connectivity index (χ1n) is 5.45. The molecule has 15 heavy (non-hydrogen) atoms. The molecule has 0 unspecified atom stereocenters. The topological polar surface area (TPSA) is 60.8 Å². The minimum absolute atomic E-state index is 0.00902. The van der Waals surface area contributed by atoms with Crippen LogP contribution in [0.5, 0.6) is 0 Å². The van der Waals surface area contributed by atoms with Crippen LogP contribution in [0.1, 0.15) is 40.0 Å². The number of hydrogen-bond acceptors (Lipinski definition) is 3. The zero-order valence-electron chi connectivity index (χ0n) is 9.99. The van der Waals surface area contributed by atoms with Gasteiger partial charge < -0.3 is 10.2 Å². The van der Waals surface area contributed by atoms with Crippen molar-refractivity contribution >= 4 is 5.97 Å². The zero-order chi connectivity index (χ0) is 11.9. The van der Waals surface area contributed by atoms with E-state index in [4.69, 9.17) is 10.2 Å². The van der Waals surface area contributed by atoms with Gasteiger partial charge in [0.1, 0.15) is 0 Å². The molecule has 0 bridgehead atoms. The van der Waals surface area contributed by atoms with Crippen molar-refractivity contribution < 1.29 is 15.0 Å². The van der Waals surface area contributed by atoms with E-state index in [0.717, 1.165) is 19.4 Å². The summed E-state index contributed by atoms with van der Waals surface area (Å²) in [6, 6.07) is 0. The number of unbranched alkanes of at least 4 members (excludes halogenated alkanes) is 1. The predicted octanol–water partition coefficient (Wildman–Crippen LogP) is 1.33. The van der Waals surface area contributed by atoms with Crippen LogP contribution in [0.2, 0.25) is 0 Å². The highest BCUT2D eigenvalue weighted by atomic mass is 16.4. The molecule has 0 aliphatic carbocycles. The third-order valence-corrected chi connectivity index (χ3v) is 2.38.